The molecular weight excluding hydrogens is 152 g/mol. The summed E-state index contributed by atoms with van der Waals surface area (Å²) in [5.74, 6) is 0. The molecule has 0 amide bonds. The Hall–Kier alpha value is -0.120. The maximum atomic E-state index is 8.78. The van der Waals surface area contributed by atoms with Crippen molar-refractivity contribution in [2.75, 3.05) is 26.2 Å². The van der Waals surface area contributed by atoms with Crippen LogP contribution in [0.15, 0.2) is 0 Å². The molecule has 0 radical (unpaired) electrons. The van der Waals surface area contributed by atoms with Crippen LogP contribution in [0.4, 0.5) is 0 Å². The predicted octanol–water partition coefficient (Wildman–Crippen LogP) is 0.0510. The van der Waals surface area contributed by atoms with E-state index in [2.05, 4.69) is 24.1 Å². The van der Waals surface area contributed by atoms with E-state index in [0.29, 0.717) is 18.7 Å². The standard InChI is InChI=1S/C9H20N2O/c1-8(2)11-5-4-10-9(7-11)3-6-12/h8-10,12H,3-7H2,1-2H3/t9-/m1/s1. The minimum atomic E-state index is 0.295. The first-order valence-corrected chi connectivity index (χ1v) is 4.82. The zero-order valence-electron chi connectivity index (χ0n) is 8.08. The van der Waals surface area contributed by atoms with Crippen molar-refractivity contribution in [3.05, 3.63) is 0 Å². The van der Waals surface area contributed by atoms with Gasteiger partial charge in [-0.15, -0.1) is 0 Å². The maximum absolute atomic E-state index is 8.78. The zero-order valence-corrected chi connectivity index (χ0v) is 8.08. The maximum Gasteiger partial charge on any atom is 0.0446 e. The molecule has 0 aromatic heterocycles. The van der Waals surface area contributed by atoms with Gasteiger partial charge >= 0.3 is 0 Å². The highest BCUT2D eigenvalue weighted by molar-refractivity contribution is 4.79. The second-order valence-electron chi connectivity index (χ2n) is 3.75. The smallest absolute Gasteiger partial charge is 0.0446 e. The lowest BCUT2D eigenvalue weighted by Gasteiger charge is -2.36. The Morgan fingerprint density at radius 1 is 1.58 bits per heavy atom. The Morgan fingerprint density at radius 2 is 2.33 bits per heavy atom. The van der Waals surface area contributed by atoms with Gasteiger partial charge in [-0.2, -0.15) is 0 Å². The Labute approximate surface area is 74.8 Å². The largest absolute Gasteiger partial charge is 0.396 e. The van der Waals surface area contributed by atoms with Crippen molar-refractivity contribution in [3.63, 3.8) is 0 Å². The fourth-order valence-corrected chi connectivity index (χ4v) is 1.67. The molecule has 72 valence electrons. The molecule has 0 saturated carbocycles. The van der Waals surface area contributed by atoms with E-state index in [-0.39, 0.29) is 0 Å². The molecule has 0 aromatic carbocycles. The number of rotatable bonds is 3. The average Bonchev–Trinajstić information content (AvgIpc) is 2.05. The van der Waals surface area contributed by atoms with Gasteiger partial charge in [-0.1, -0.05) is 0 Å². The number of nitrogens with zero attached hydrogens (tertiary/aromatic N) is 1. The van der Waals surface area contributed by atoms with E-state index in [1.54, 1.807) is 0 Å². The normalized spacial score (nSPS) is 26.5. The number of nitrogens with one attached hydrogen (secondary N) is 1. The van der Waals surface area contributed by atoms with E-state index in [0.717, 1.165) is 26.1 Å². The van der Waals surface area contributed by atoms with E-state index in [1.165, 1.54) is 0 Å². The molecule has 0 unspecified atom stereocenters. The summed E-state index contributed by atoms with van der Waals surface area (Å²) in [4.78, 5) is 2.46. The third-order valence-corrected chi connectivity index (χ3v) is 2.49. The highest BCUT2D eigenvalue weighted by Crippen LogP contribution is 2.05. The van der Waals surface area contributed by atoms with Gasteiger partial charge in [-0.25, -0.2) is 0 Å². The van der Waals surface area contributed by atoms with Crippen LogP contribution in [0.3, 0.4) is 0 Å². The molecule has 0 aromatic rings. The van der Waals surface area contributed by atoms with Gasteiger partial charge in [0.05, 0.1) is 0 Å². The summed E-state index contributed by atoms with van der Waals surface area (Å²) < 4.78 is 0. The quantitative estimate of drug-likeness (QED) is 0.631. The van der Waals surface area contributed by atoms with E-state index in [9.17, 15) is 0 Å². The fourth-order valence-electron chi connectivity index (χ4n) is 1.67. The molecule has 1 rings (SSSR count). The van der Waals surface area contributed by atoms with E-state index in [4.69, 9.17) is 5.11 Å². The van der Waals surface area contributed by atoms with Gasteiger partial charge in [-0.05, 0) is 20.3 Å². The van der Waals surface area contributed by atoms with Crippen LogP contribution < -0.4 is 5.32 Å². The Balaban J connectivity index is 2.30. The SMILES string of the molecule is CC(C)N1CCN[C@H](CCO)C1. The van der Waals surface area contributed by atoms with Crippen LogP contribution in [0.25, 0.3) is 0 Å². The van der Waals surface area contributed by atoms with Gasteiger partial charge in [-0.3, -0.25) is 4.90 Å². The van der Waals surface area contributed by atoms with Crippen LogP contribution in [0, 0.1) is 0 Å². The Bertz CT molecular complexity index is 126. The average molecular weight is 172 g/mol. The van der Waals surface area contributed by atoms with Gasteiger partial charge in [0.1, 0.15) is 0 Å². The van der Waals surface area contributed by atoms with E-state index >= 15 is 0 Å². The summed E-state index contributed by atoms with van der Waals surface area (Å²) in [5.41, 5.74) is 0. The number of piperazine rings is 1. The fraction of sp³-hybridized carbons (Fsp3) is 1.00. The van der Waals surface area contributed by atoms with E-state index < -0.39 is 0 Å². The molecule has 1 heterocycles. The first-order valence-electron chi connectivity index (χ1n) is 4.82. The lowest BCUT2D eigenvalue weighted by atomic mass is 10.1. The van der Waals surface area contributed by atoms with Crippen LogP contribution in [0.5, 0.6) is 0 Å². The second kappa shape index (κ2) is 4.80. The molecule has 3 heteroatoms. The first kappa shape index (κ1) is 9.96. The van der Waals surface area contributed by atoms with Gasteiger partial charge in [0, 0.05) is 38.3 Å². The summed E-state index contributed by atoms with van der Waals surface area (Å²) in [5, 5.41) is 12.2. The third-order valence-electron chi connectivity index (χ3n) is 2.49. The monoisotopic (exact) mass is 172 g/mol. The molecule has 2 N–H and O–H groups in total. The predicted molar refractivity (Wildman–Crippen MR) is 50.2 cm³/mol. The molecule has 0 bridgehead atoms. The van der Waals surface area contributed by atoms with Crippen molar-refractivity contribution in [2.24, 2.45) is 0 Å². The van der Waals surface area contributed by atoms with Crippen molar-refractivity contribution in [1.82, 2.24) is 10.2 Å². The minimum absolute atomic E-state index is 0.295. The summed E-state index contributed by atoms with van der Waals surface area (Å²) in [6.45, 7) is 8.02. The van der Waals surface area contributed by atoms with Crippen molar-refractivity contribution in [3.8, 4) is 0 Å². The summed E-state index contributed by atoms with van der Waals surface area (Å²) >= 11 is 0. The third kappa shape index (κ3) is 2.73. The summed E-state index contributed by atoms with van der Waals surface area (Å²) in [7, 11) is 0. The topological polar surface area (TPSA) is 35.5 Å². The summed E-state index contributed by atoms with van der Waals surface area (Å²) in [6.07, 6.45) is 0.878. The molecule has 1 atom stereocenters. The lowest BCUT2D eigenvalue weighted by Crippen LogP contribution is -2.52. The Morgan fingerprint density at radius 3 is 2.92 bits per heavy atom. The molecule has 1 aliphatic rings. The lowest BCUT2D eigenvalue weighted by molar-refractivity contribution is 0.144. The van der Waals surface area contributed by atoms with Crippen LogP contribution in [-0.2, 0) is 0 Å². The van der Waals surface area contributed by atoms with Crippen LogP contribution in [0.1, 0.15) is 20.3 Å². The molecule has 3 nitrogen and oxygen atoms in total. The van der Waals surface area contributed by atoms with Crippen LogP contribution in [0.2, 0.25) is 0 Å². The summed E-state index contributed by atoms with van der Waals surface area (Å²) in [6, 6.07) is 1.12. The Kier molecular flexibility index (Phi) is 3.98. The highest BCUT2D eigenvalue weighted by Gasteiger charge is 2.19. The number of hydrogen-bond acceptors (Lipinski definition) is 3. The molecule has 1 saturated heterocycles. The van der Waals surface area contributed by atoms with Gasteiger partial charge < -0.3 is 10.4 Å². The van der Waals surface area contributed by atoms with Gasteiger partial charge in [0.2, 0.25) is 0 Å². The van der Waals surface area contributed by atoms with Crippen molar-refractivity contribution < 1.29 is 5.11 Å². The molecule has 1 aliphatic heterocycles. The van der Waals surface area contributed by atoms with Crippen LogP contribution in [-0.4, -0.2) is 48.3 Å². The second-order valence-corrected chi connectivity index (χ2v) is 3.75. The first-order chi connectivity index (χ1) is 5.74. The molecule has 0 spiro atoms. The van der Waals surface area contributed by atoms with E-state index in [1.807, 2.05) is 0 Å². The number of aliphatic hydroxyl groups is 1. The van der Waals surface area contributed by atoms with Gasteiger partial charge in [0.15, 0.2) is 0 Å². The highest BCUT2D eigenvalue weighted by atomic mass is 16.3. The zero-order chi connectivity index (χ0) is 8.97. The van der Waals surface area contributed by atoms with Gasteiger partial charge in [0.25, 0.3) is 0 Å². The minimum Gasteiger partial charge on any atom is -0.396 e. The molecule has 1 fully saturated rings. The van der Waals surface area contributed by atoms with Crippen molar-refractivity contribution >= 4 is 0 Å². The molecule has 0 aliphatic carbocycles. The number of aliphatic hydroxyl groups excluding tert-OH is 1. The molecule has 12 heavy (non-hydrogen) atoms. The number of hydrogen-bond donors (Lipinski definition) is 2. The van der Waals surface area contributed by atoms with Crippen molar-refractivity contribution in [1.29, 1.82) is 0 Å². The van der Waals surface area contributed by atoms with Crippen molar-refractivity contribution in [2.45, 2.75) is 32.4 Å². The van der Waals surface area contributed by atoms with Crippen LogP contribution >= 0.6 is 0 Å². The molecular formula is C9H20N2O.